The lowest BCUT2D eigenvalue weighted by atomic mass is 9.81. The van der Waals surface area contributed by atoms with Crippen molar-refractivity contribution in [3.63, 3.8) is 0 Å². The number of hydrogen-bond acceptors (Lipinski definition) is 1. The second kappa shape index (κ2) is 9.85. The van der Waals surface area contributed by atoms with Gasteiger partial charge in [0.2, 0.25) is 0 Å². The average molecular weight is 554 g/mol. The van der Waals surface area contributed by atoms with Gasteiger partial charge in [0.05, 0.1) is 0 Å². The highest BCUT2D eigenvalue weighted by atomic mass is 15.1. The van der Waals surface area contributed by atoms with Crippen molar-refractivity contribution < 1.29 is 0 Å². The quantitative estimate of drug-likeness (QED) is 0.155. The molecule has 0 spiro atoms. The van der Waals surface area contributed by atoms with Crippen molar-refractivity contribution >= 4 is 51.1 Å². The van der Waals surface area contributed by atoms with Crippen molar-refractivity contribution in [1.29, 1.82) is 0 Å². The topological polar surface area (TPSA) is 3.24 Å². The molecule has 1 aliphatic carbocycles. The molecule has 2 aliphatic rings. The first-order valence-electron chi connectivity index (χ1n) is 15.4. The summed E-state index contributed by atoms with van der Waals surface area (Å²) in [5, 5.41) is 5.05. The molecule has 208 valence electrons. The summed E-state index contributed by atoms with van der Waals surface area (Å²) in [5.41, 5.74) is 13.2. The summed E-state index contributed by atoms with van der Waals surface area (Å²) in [4.78, 5) is 2.51. The van der Waals surface area contributed by atoms with Gasteiger partial charge in [-0.15, -0.1) is 0 Å². The predicted molar refractivity (Wildman–Crippen MR) is 186 cm³/mol. The molecule has 1 heterocycles. The summed E-state index contributed by atoms with van der Waals surface area (Å²) >= 11 is 0. The molecule has 1 nitrogen and oxygen atoms in total. The smallest absolute Gasteiger partial charge is 0.0443 e. The van der Waals surface area contributed by atoms with E-state index in [4.69, 9.17) is 0 Å². The molecular weight excluding hydrogens is 518 g/mol. The van der Waals surface area contributed by atoms with Crippen LogP contribution in [0.5, 0.6) is 0 Å². The Bertz CT molecular complexity index is 2110. The maximum absolute atomic E-state index is 4.21. The fraction of sp³-hybridized carbons (Fsp3) is 0.143. The van der Waals surface area contributed by atoms with E-state index in [1.54, 1.807) is 0 Å². The lowest BCUT2D eigenvalue weighted by molar-refractivity contribution is 0.659. The van der Waals surface area contributed by atoms with Crippen LogP contribution in [0.3, 0.4) is 0 Å². The minimum absolute atomic E-state index is 0.0754. The van der Waals surface area contributed by atoms with Crippen LogP contribution < -0.4 is 4.90 Å². The lowest BCUT2D eigenvalue weighted by Gasteiger charge is -2.32. The Hall–Kier alpha value is -4.88. The number of para-hydroxylation sites is 1. The SMILES string of the molecule is C=Cc1c(/C=C/c2ccc3c(c2)C(C)(C)c2cc(N4CCCc5ccccc54)ccc2-3)ccc2ccc3ccccc3c12. The molecule has 0 bridgehead atoms. The number of hydrogen-bond donors (Lipinski definition) is 0. The molecule has 0 N–H and O–H groups in total. The van der Waals surface area contributed by atoms with Crippen LogP contribution in [0.4, 0.5) is 11.4 Å². The van der Waals surface area contributed by atoms with E-state index in [-0.39, 0.29) is 5.41 Å². The Morgan fingerprint density at radius 2 is 1.47 bits per heavy atom. The maximum atomic E-state index is 4.21. The van der Waals surface area contributed by atoms with E-state index in [0.29, 0.717) is 0 Å². The van der Waals surface area contributed by atoms with E-state index in [9.17, 15) is 0 Å². The van der Waals surface area contributed by atoms with Crippen molar-refractivity contribution in [3.05, 3.63) is 149 Å². The molecule has 0 amide bonds. The first-order chi connectivity index (χ1) is 21.0. The molecule has 0 atom stereocenters. The Morgan fingerprint density at radius 3 is 2.35 bits per heavy atom. The predicted octanol–water partition coefficient (Wildman–Crippen LogP) is 11.2. The summed E-state index contributed by atoms with van der Waals surface area (Å²) in [7, 11) is 0. The Balaban J connectivity index is 1.16. The number of benzene rings is 6. The third kappa shape index (κ3) is 4.07. The van der Waals surface area contributed by atoms with Gasteiger partial charge in [0.25, 0.3) is 0 Å². The van der Waals surface area contributed by atoms with Gasteiger partial charge in [-0.3, -0.25) is 0 Å². The average Bonchev–Trinajstić information content (AvgIpc) is 3.28. The largest absolute Gasteiger partial charge is 0.341 e. The summed E-state index contributed by atoms with van der Waals surface area (Å²) in [6.07, 6.45) is 8.87. The molecule has 1 aliphatic heterocycles. The Morgan fingerprint density at radius 1 is 0.721 bits per heavy atom. The van der Waals surface area contributed by atoms with Crippen LogP contribution >= 0.6 is 0 Å². The van der Waals surface area contributed by atoms with E-state index in [1.807, 2.05) is 6.08 Å². The summed E-state index contributed by atoms with van der Waals surface area (Å²) in [6.45, 7) is 10.0. The van der Waals surface area contributed by atoms with Gasteiger partial charge in [-0.25, -0.2) is 0 Å². The van der Waals surface area contributed by atoms with Crippen molar-refractivity contribution in [2.75, 3.05) is 11.4 Å². The van der Waals surface area contributed by atoms with Gasteiger partial charge in [0.15, 0.2) is 0 Å². The second-order valence-corrected chi connectivity index (χ2v) is 12.5. The zero-order chi connectivity index (χ0) is 29.1. The normalized spacial score (nSPS) is 15.1. The standard InChI is InChI=1S/C42H35N/c1-4-34-30(19-21-32-20-18-29-10-5-7-13-35(29)41(32)34)17-15-28-16-23-36-37-24-22-33(27-39(37)42(2,3)38(36)26-28)43-25-9-12-31-11-6-8-14-40(31)43/h4-8,10-11,13-24,26-27H,1,9,12,25H2,2-3H3/b17-15+. The molecule has 8 rings (SSSR count). The van der Waals surface area contributed by atoms with Crippen molar-refractivity contribution in [3.8, 4) is 11.1 Å². The zero-order valence-electron chi connectivity index (χ0n) is 24.9. The highest BCUT2D eigenvalue weighted by molar-refractivity contribution is 6.12. The van der Waals surface area contributed by atoms with Crippen molar-refractivity contribution in [2.24, 2.45) is 0 Å². The summed E-state index contributed by atoms with van der Waals surface area (Å²) in [5.74, 6) is 0. The van der Waals surface area contributed by atoms with Crippen LogP contribution in [0.25, 0.3) is 50.9 Å². The monoisotopic (exact) mass is 553 g/mol. The van der Waals surface area contributed by atoms with Crippen LogP contribution in [0, 0.1) is 0 Å². The third-order valence-corrected chi connectivity index (χ3v) is 9.75. The number of anilines is 2. The van der Waals surface area contributed by atoms with Gasteiger partial charge in [0, 0.05) is 23.3 Å². The summed E-state index contributed by atoms with van der Waals surface area (Å²) in [6, 6.07) is 40.5. The van der Waals surface area contributed by atoms with Crippen LogP contribution in [0.1, 0.15) is 53.6 Å². The molecule has 1 heteroatoms. The van der Waals surface area contributed by atoms with E-state index < -0.39 is 0 Å². The van der Waals surface area contributed by atoms with Crippen molar-refractivity contribution in [2.45, 2.75) is 32.1 Å². The van der Waals surface area contributed by atoms with Crippen LogP contribution in [-0.2, 0) is 11.8 Å². The number of fused-ring (bicyclic) bond motifs is 7. The molecule has 0 saturated carbocycles. The number of aryl methyl sites for hydroxylation is 1. The van der Waals surface area contributed by atoms with Crippen molar-refractivity contribution in [1.82, 2.24) is 0 Å². The third-order valence-electron chi connectivity index (χ3n) is 9.75. The first-order valence-corrected chi connectivity index (χ1v) is 15.4. The van der Waals surface area contributed by atoms with E-state index >= 15 is 0 Å². The zero-order valence-corrected chi connectivity index (χ0v) is 24.9. The molecule has 0 unspecified atom stereocenters. The van der Waals surface area contributed by atoms with E-state index in [0.717, 1.165) is 13.0 Å². The minimum atomic E-state index is -0.0754. The minimum Gasteiger partial charge on any atom is -0.341 e. The van der Waals surface area contributed by atoms with Gasteiger partial charge in [-0.2, -0.15) is 0 Å². The van der Waals surface area contributed by atoms with E-state index in [1.165, 1.54) is 83.8 Å². The maximum Gasteiger partial charge on any atom is 0.0443 e. The number of nitrogens with zero attached hydrogens (tertiary/aromatic N) is 1. The molecule has 0 aromatic heterocycles. The molecule has 0 saturated heterocycles. The Labute approximate surface area is 254 Å². The highest BCUT2D eigenvalue weighted by Gasteiger charge is 2.36. The van der Waals surface area contributed by atoms with Gasteiger partial charge < -0.3 is 4.90 Å². The molecule has 0 radical (unpaired) electrons. The second-order valence-electron chi connectivity index (χ2n) is 12.5. The van der Waals surface area contributed by atoms with Crippen LogP contribution in [0.2, 0.25) is 0 Å². The van der Waals surface area contributed by atoms with E-state index in [2.05, 4.69) is 147 Å². The molecule has 6 aromatic carbocycles. The number of rotatable bonds is 4. The van der Waals surface area contributed by atoms with Crippen LogP contribution in [-0.4, -0.2) is 6.54 Å². The van der Waals surface area contributed by atoms with Gasteiger partial charge >= 0.3 is 0 Å². The molecule has 43 heavy (non-hydrogen) atoms. The summed E-state index contributed by atoms with van der Waals surface area (Å²) < 4.78 is 0. The Kier molecular flexibility index (Phi) is 5.91. The first kappa shape index (κ1) is 25.8. The fourth-order valence-electron chi connectivity index (χ4n) is 7.51. The molecular formula is C42H35N. The molecule has 6 aromatic rings. The molecule has 0 fully saturated rings. The van der Waals surface area contributed by atoms with Gasteiger partial charge in [-0.05, 0) is 97.1 Å². The highest BCUT2D eigenvalue weighted by Crippen LogP contribution is 2.50. The van der Waals surface area contributed by atoms with Gasteiger partial charge in [-0.1, -0.05) is 130 Å². The lowest BCUT2D eigenvalue weighted by Crippen LogP contribution is -2.25. The van der Waals surface area contributed by atoms with Gasteiger partial charge in [0.1, 0.15) is 0 Å². The fourth-order valence-corrected chi connectivity index (χ4v) is 7.51. The van der Waals surface area contributed by atoms with Crippen LogP contribution in [0.15, 0.2) is 116 Å².